The van der Waals surface area contributed by atoms with E-state index in [0.717, 1.165) is 29.2 Å². The number of nitrogens with one attached hydrogen (secondary N) is 2. The number of urea groups is 1. The van der Waals surface area contributed by atoms with Crippen LogP contribution in [0.1, 0.15) is 31.4 Å². The number of nitrogens with zero attached hydrogens (tertiary/aromatic N) is 2. The summed E-state index contributed by atoms with van der Waals surface area (Å²) >= 11 is 1.34. The molecule has 7 heteroatoms. The highest BCUT2D eigenvalue weighted by Gasteiger charge is 2.19. The maximum Gasteiger partial charge on any atom is 0.325 e. The smallest absolute Gasteiger partial charge is 0.325 e. The van der Waals surface area contributed by atoms with Crippen molar-refractivity contribution < 1.29 is 9.59 Å². The van der Waals surface area contributed by atoms with E-state index in [9.17, 15) is 9.59 Å². The summed E-state index contributed by atoms with van der Waals surface area (Å²) in [4.78, 5) is 28.6. The first-order valence-corrected chi connectivity index (χ1v) is 9.15. The van der Waals surface area contributed by atoms with E-state index in [-0.39, 0.29) is 5.91 Å². The minimum absolute atomic E-state index is 0.349. The zero-order valence-electron chi connectivity index (χ0n) is 15.0. The van der Waals surface area contributed by atoms with Gasteiger partial charge in [0.05, 0.1) is 5.25 Å². The lowest BCUT2D eigenvalue weighted by Crippen LogP contribution is -2.39. The molecule has 0 saturated carbocycles. The quantitative estimate of drug-likeness (QED) is 0.770. The third-order valence-corrected chi connectivity index (χ3v) is 4.78. The molecule has 2 N–H and O–H groups in total. The molecule has 0 aliphatic rings. The number of amides is 3. The van der Waals surface area contributed by atoms with Crippen molar-refractivity contribution in [3.05, 3.63) is 41.7 Å². The normalized spacial score (nSPS) is 11.8. The molecule has 6 nitrogen and oxygen atoms in total. The maximum absolute atomic E-state index is 12.2. The molecule has 2 rings (SSSR count). The number of thioether (sulfide) groups is 1. The van der Waals surface area contributed by atoms with Gasteiger partial charge in [-0.05, 0) is 38.8 Å². The first kappa shape index (κ1) is 19.1. The Balaban J connectivity index is 1.91. The number of benzene rings is 1. The molecule has 0 aliphatic heterocycles. The van der Waals surface area contributed by atoms with E-state index in [1.54, 1.807) is 13.1 Å². The Labute approximate surface area is 152 Å². The fourth-order valence-electron chi connectivity index (χ4n) is 2.36. The third-order valence-electron chi connectivity index (χ3n) is 3.66. The molecule has 0 fully saturated rings. The molecule has 134 valence electrons. The fourth-order valence-corrected chi connectivity index (χ4v) is 3.25. The number of anilines is 1. The number of hydrogen-bond donors (Lipinski definition) is 2. The molecular formula is C18H24N4O2S. The summed E-state index contributed by atoms with van der Waals surface area (Å²) in [5.41, 5.74) is 2.76. The van der Waals surface area contributed by atoms with Gasteiger partial charge < -0.3 is 9.88 Å². The van der Waals surface area contributed by atoms with Crippen LogP contribution >= 0.6 is 11.8 Å². The van der Waals surface area contributed by atoms with Gasteiger partial charge >= 0.3 is 6.03 Å². The topological polar surface area (TPSA) is 76.0 Å². The molecule has 2 aromatic rings. The van der Waals surface area contributed by atoms with E-state index in [1.165, 1.54) is 11.8 Å². The second-order valence-corrected chi connectivity index (χ2v) is 7.23. The van der Waals surface area contributed by atoms with Crippen LogP contribution in [0, 0.1) is 13.8 Å². The standard InChI is InChI=1S/C18H24N4O2S/c1-5-9-22-10-8-19-18(22)25-14(4)16(23)21-17(24)20-15-7-6-12(2)11-13(15)3/h6-8,10-11,14H,5,9H2,1-4H3,(H2,20,21,23,24). The van der Waals surface area contributed by atoms with Crippen LogP contribution in [-0.2, 0) is 11.3 Å². The van der Waals surface area contributed by atoms with Crippen molar-refractivity contribution in [2.24, 2.45) is 0 Å². The lowest BCUT2D eigenvalue weighted by molar-refractivity contribution is -0.119. The third kappa shape index (κ3) is 5.35. The average Bonchev–Trinajstić information content (AvgIpc) is 2.97. The van der Waals surface area contributed by atoms with E-state index in [1.807, 2.05) is 42.8 Å². The highest BCUT2D eigenvalue weighted by atomic mass is 32.2. The Morgan fingerprint density at radius 1 is 1.32 bits per heavy atom. The molecule has 0 bridgehead atoms. The molecule has 1 atom stereocenters. The van der Waals surface area contributed by atoms with E-state index in [0.29, 0.717) is 5.69 Å². The summed E-state index contributed by atoms with van der Waals surface area (Å²) in [6.07, 6.45) is 4.60. The van der Waals surface area contributed by atoms with Gasteiger partial charge in [0, 0.05) is 24.6 Å². The van der Waals surface area contributed by atoms with Gasteiger partial charge in [-0.3, -0.25) is 10.1 Å². The van der Waals surface area contributed by atoms with Gasteiger partial charge in [0.25, 0.3) is 0 Å². The molecule has 0 aliphatic carbocycles. The van der Waals surface area contributed by atoms with Gasteiger partial charge in [-0.1, -0.05) is 36.4 Å². The highest BCUT2D eigenvalue weighted by molar-refractivity contribution is 8.00. The van der Waals surface area contributed by atoms with E-state index < -0.39 is 11.3 Å². The van der Waals surface area contributed by atoms with Gasteiger partial charge in [-0.25, -0.2) is 9.78 Å². The molecule has 1 aromatic heterocycles. The van der Waals surface area contributed by atoms with Crippen LogP contribution in [0.2, 0.25) is 0 Å². The summed E-state index contributed by atoms with van der Waals surface area (Å²) in [5.74, 6) is -0.349. The zero-order valence-corrected chi connectivity index (χ0v) is 15.8. The molecule has 0 spiro atoms. The number of rotatable bonds is 6. The lowest BCUT2D eigenvalue weighted by Gasteiger charge is -2.13. The first-order chi connectivity index (χ1) is 11.9. The number of aromatic nitrogens is 2. The fraction of sp³-hybridized carbons (Fsp3) is 0.389. The number of aryl methyl sites for hydroxylation is 3. The number of hydrogen-bond acceptors (Lipinski definition) is 4. The zero-order chi connectivity index (χ0) is 18.4. The monoisotopic (exact) mass is 360 g/mol. The van der Waals surface area contributed by atoms with Crippen LogP contribution in [0.5, 0.6) is 0 Å². The summed E-state index contributed by atoms with van der Waals surface area (Å²) in [6, 6.07) is 5.19. The first-order valence-electron chi connectivity index (χ1n) is 8.27. The van der Waals surface area contributed by atoms with Gasteiger partial charge in [-0.2, -0.15) is 0 Å². The van der Waals surface area contributed by atoms with Crippen molar-refractivity contribution >= 4 is 29.4 Å². The van der Waals surface area contributed by atoms with Crippen molar-refractivity contribution in [3.63, 3.8) is 0 Å². The lowest BCUT2D eigenvalue weighted by atomic mass is 10.1. The van der Waals surface area contributed by atoms with Crippen molar-refractivity contribution in [2.75, 3.05) is 5.32 Å². The van der Waals surface area contributed by atoms with Crippen molar-refractivity contribution in [1.29, 1.82) is 0 Å². The summed E-state index contributed by atoms with van der Waals surface area (Å²) in [7, 11) is 0. The van der Waals surface area contributed by atoms with Crippen molar-refractivity contribution in [2.45, 2.75) is 51.1 Å². The van der Waals surface area contributed by atoms with Gasteiger partial charge in [0.15, 0.2) is 5.16 Å². The van der Waals surface area contributed by atoms with E-state index in [2.05, 4.69) is 22.5 Å². The van der Waals surface area contributed by atoms with Crippen molar-refractivity contribution in [1.82, 2.24) is 14.9 Å². The molecule has 25 heavy (non-hydrogen) atoms. The molecule has 0 radical (unpaired) electrons. The maximum atomic E-state index is 12.2. The van der Waals surface area contributed by atoms with Crippen LogP contribution < -0.4 is 10.6 Å². The predicted molar refractivity (Wildman–Crippen MR) is 101 cm³/mol. The number of carbonyl (C=O) groups is 2. The minimum Gasteiger partial charge on any atom is -0.326 e. The molecule has 0 saturated heterocycles. The SMILES string of the molecule is CCCn1ccnc1SC(C)C(=O)NC(=O)Nc1ccc(C)cc1C. The Bertz CT molecular complexity index is 757. The summed E-state index contributed by atoms with van der Waals surface area (Å²) < 4.78 is 2.00. The minimum atomic E-state index is -0.527. The number of imidazole rings is 1. The highest BCUT2D eigenvalue weighted by Crippen LogP contribution is 2.22. The van der Waals surface area contributed by atoms with Gasteiger partial charge in [0.2, 0.25) is 5.91 Å². The Morgan fingerprint density at radius 2 is 2.08 bits per heavy atom. The molecule has 1 heterocycles. The van der Waals surface area contributed by atoms with Gasteiger partial charge in [-0.15, -0.1) is 0 Å². The number of carbonyl (C=O) groups excluding carboxylic acids is 2. The molecule has 1 unspecified atom stereocenters. The van der Waals surface area contributed by atoms with E-state index >= 15 is 0 Å². The Morgan fingerprint density at radius 3 is 2.76 bits per heavy atom. The second kappa shape index (κ2) is 8.71. The molecule has 3 amide bonds. The van der Waals surface area contributed by atoms with Crippen LogP contribution in [0.4, 0.5) is 10.5 Å². The van der Waals surface area contributed by atoms with Gasteiger partial charge in [0.1, 0.15) is 0 Å². The molecular weight excluding hydrogens is 336 g/mol. The Kier molecular flexibility index (Phi) is 6.64. The van der Waals surface area contributed by atoms with Crippen LogP contribution in [0.25, 0.3) is 0 Å². The number of imide groups is 1. The average molecular weight is 360 g/mol. The van der Waals surface area contributed by atoms with Crippen LogP contribution in [0.3, 0.4) is 0 Å². The van der Waals surface area contributed by atoms with Crippen molar-refractivity contribution in [3.8, 4) is 0 Å². The largest absolute Gasteiger partial charge is 0.326 e. The second-order valence-electron chi connectivity index (χ2n) is 5.93. The predicted octanol–water partition coefficient (Wildman–Crippen LogP) is 3.74. The van der Waals surface area contributed by atoms with Crippen LogP contribution in [-0.4, -0.2) is 26.7 Å². The summed E-state index contributed by atoms with van der Waals surface area (Å²) in [6.45, 7) is 8.60. The molecule has 1 aromatic carbocycles. The van der Waals surface area contributed by atoms with E-state index in [4.69, 9.17) is 0 Å². The Hall–Kier alpha value is -2.28. The van der Waals surface area contributed by atoms with Crippen LogP contribution in [0.15, 0.2) is 35.7 Å². The summed E-state index contributed by atoms with van der Waals surface area (Å²) in [5, 5.41) is 5.45.